The van der Waals surface area contributed by atoms with Gasteiger partial charge in [-0.1, -0.05) is 30.7 Å². The van der Waals surface area contributed by atoms with Crippen molar-refractivity contribution in [1.29, 1.82) is 0 Å². The number of ether oxygens (including phenoxy) is 1. The Bertz CT molecular complexity index is 447. The van der Waals surface area contributed by atoms with Crippen molar-refractivity contribution < 1.29 is 4.74 Å². The van der Waals surface area contributed by atoms with Crippen LogP contribution in [0.1, 0.15) is 68.0 Å². The van der Waals surface area contributed by atoms with E-state index in [1.54, 1.807) is 0 Å². The van der Waals surface area contributed by atoms with Crippen LogP contribution in [-0.2, 0) is 4.74 Å². The molecule has 20 heavy (non-hydrogen) atoms. The molecule has 0 saturated heterocycles. The summed E-state index contributed by atoms with van der Waals surface area (Å²) in [6.45, 7) is 0. The van der Waals surface area contributed by atoms with Gasteiger partial charge in [0, 0.05) is 13.2 Å². The Kier molecular flexibility index (Phi) is 4.11. The monoisotopic (exact) mass is 274 g/mol. The van der Waals surface area contributed by atoms with E-state index in [0.29, 0.717) is 0 Å². The SMILES string of the molecule is COC1(CC(NN)c2cccc(C3CCC3)c2)CCC1. The van der Waals surface area contributed by atoms with Crippen LogP contribution in [0.25, 0.3) is 0 Å². The van der Waals surface area contributed by atoms with E-state index in [2.05, 4.69) is 29.7 Å². The number of hydrogen-bond donors (Lipinski definition) is 2. The van der Waals surface area contributed by atoms with Crippen LogP contribution in [-0.4, -0.2) is 12.7 Å². The van der Waals surface area contributed by atoms with Gasteiger partial charge in [0.2, 0.25) is 0 Å². The molecule has 3 heteroatoms. The van der Waals surface area contributed by atoms with Crippen molar-refractivity contribution >= 4 is 0 Å². The van der Waals surface area contributed by atoms with E-state index in [9.17, 15) is 0 Å². The lowest BCUT2D eigenvalue weighted by atomic mass is 9.74. The highest BCUT2D eigenvalue weighted by Gasteiger charge is 2.39. The molecule has 0 radical (unpaired) electrons. The summed E-state index contributed by atoms with van der Waals surface area (Å²) in [7, 11) is 1.83. The molecule has 1 atom stereocenters. The van der Waals surface area contributed by atoms with Gasteiger partial charge in [0.25, 0.3) is 0 Å². The summed E-state index contributed by atoms with van der Waals surface area (Å²) in [6.07, 6.45) is 8.61. The smallest absolute Gasteiger partial charge is 0.0697 e. The minimum absolute atomic E-state index is 0.0451. The van der Waals surface area contributed by atoms with Crippen molar-refractivity contribution in [2.24, 2.45) is 5.84 Å². The Balaban J connectivity index is 1.74. The Labute approximate surface area is 121 Å². The number of nitrogens with two attached hydrogens (primary N) is 1. The third-order valence-corrected chi connectivity index (χ3v) is 5.36. The van der Waals surface area contributed by atoms with Crippen LogP contribution >= 0.6 is 0 Å². The zero-order chi connectivity index (χ0) is 14.0. The minimum atomic E-state index is 0.0451. The first-order valence-electron chi connectivity index (χ1n) is 7.87. The summed E-state index contributed by atoms with van der Waals surface area (Å²) in [5.41, 5.74) is 5.83. The fourth-order valence-electron chi connectivity index (χ4n) is 3.48. The predicted octanol–water partition coefficient (Wildman–Crippen LogP) is 3.42. The maximum absolute atomic E-state index is 5.81. The molecule has 3 N–H and O–H groups in total. The third-order valence-electron chi connectivity index (χ3n) is 5.36. The first-order valence-corrected chi connectivity index (χ1v) is 7.87. The normalized spacial score (nSPS) is 22.9. The first-order chi connectivity index (χ1) is 9.76. The van der Waals surface area contributed by atoms with E-state index < -0.39 is 0 Å². The quantitative estimate of drug-likeness (QED) is 0.617. The highest BCUT2D eigenvalue weighted by Crippen LogP contribution is 2.42. The fraction of sp³-hybridized carbons (Fsp3) is 0.647. The van der Waals surface area contributed by atoms with Crippen molar-refractivity contribution in [3.8, 4) is 0 Å². The van der Waals surface area contributed by atoms with E-state index >= 15 is 0 Å². The molecule has 0 spiro atoms. The second kappa shape index (κ2) is 5.84. The lowest BCUT2D eigenvalue weighted by Gasteiger charge is -2.42. The van der Waals surface area contributed by atoms with Crippen molar-refractivity contribution in [2.75, 3.05) is 7.11 Å². The summed E-state index contributed by atoms with van der Waals surface area (Å²) in [4.78, 5) is 0. The molecule has 0 bridgehead atoms. The summed E-state index contributed by atoms with van der Waals surface area (Å²) >= 11 is 0. The first kappa shape index (κ1) is 14.1. The Morgan fingerprint density at radius 3 is 2.65 bits per heavy atom. The van der Waals surface area contributed by atoms with Gasteiger partial charge in [-0.25, -0.2) is 0 Å². The second-order valence-corrected chi connectivity index (χ2v) is 6.46. The molecule has 0 amide bonds. The Morgan fingerprint density at radius 2 is 2.15 bits per heavy atom. The van der Waals surface area contributed by atoms with Gasteiger partial charge < -0.3 is 4.74 Å². The molecule has 3 rings (SSSR count). The van der Waals surface area contributed by atoms with Crippen molar-refractivity contribution in [2.45, 2.75) is 62.5 Å². The summed E-state index contributed by atoms with van der Waals surface area (Å²) in [5.74, 6) is 6.58. The van der Waals surface area contributed by atoms with Crippen LogP contribution in [0.15, 0.2) is 24.3 Å². The Morgan fingerprint density at radius 1 is 1.35 bits per heavy atom. The lowest BCUT2D eigenvalue weighted by molar-refractivity contribution is -0.0838. The number of nitrogens with one attached hydrogen (secondary N) is 1. The highest BCUT2D eigenvalue weighted by molar-refractivity contribution is 5.30. The van der Waals surface area contributed by atoms with Crippen molar-refractivity contribution in [3.05, 3.63) is 35.4 Å². The molecule has 3 nitrogen and oxygen atoms in total. The molecular formula is C17H26N2O. The minimum Gasteiger partial charge on any atom is -0.378 e. The van der Waals surface area contributed by atoms with Gasteiger partial charge >= 0.3 is 0 Å². The number of hydrogen-bond acceptors (Lipinski definition) is 3. The Hall–Kier alpha value is -0.900. The van der Waals surface area contributed by atoms with Crippen LogP contribution < -0.4 is 11.3 Å². The zero-order valence-electron chi connectivity index (χ0n) is 12.4. The van der Waals surface area contributed by atoms with Gasteiger partial charge in [0.15, 0.2) is 0 Å². The molecule has 1 aromatic carbocycles. The summed E-state index contributed by atoms with van der Waals surface area (Å²) in [6, 6.07) is 9.16. The molecule has 0 heterocycles. The van der Waals surface area contributed by atoms with E-state index in [0.717, 1.165) is 25.2 Å². The van der Waals surface area contributed by atoms with Crippen molar-refractivity contribution in [3.63, 3.8) is 0 Å². The van der Waals surface area contributed by atoms with Gasteiger partial charge in [-0.15, -0.1) is 0 Å². The maximum atomic E-state index is 5.81. The summed E-state index contributed by atoms with van der Waals surface area (Å²) in [5, 5.41) is 0. The molecule has 2 aliphatic rings. The molecule has 2 fully saturated rings. The van der Waals surface area contributed by atoms with E-state index in [1.165, 1.54) is 36.8 Å². The molecule has 1 unspecified atom stereocenters. The van der Waals surface area contributed by atoms with Gasteiger partial charge in [0.05, 0.1) is 5.60 Å². The van der Waals surface area contributed by atoms with Crippen molar-refractivity contribution in [1.82, 2.24) is 5.43 Å². The zero-order valence-corrected chi connectivity index (χ0v) is 12.4. The van der Waals surface area contributed by atoms with Gasteiger partial charge in [-0.2, -0.15) is 0 Å². The molecule has 110 valence electrons. The summed E-state index contributed by atoms with van der Waals surface area (Å²) < 4.78 is 5.74. The largest absolute Gasteiger partial charge is 0.378 e. The molecular weight excluding hydrogens is 248 g/mol. The molecule has 2 saturated carbocycles. The second-order valence-electron chi connectivity index (χ2n) is 6.46. The number of rotatable bonds is 6. The van der Waals surface area contributed by atoms with E-state index in [-0.39, 0.29) is 11.6 Å². The third kappa shape index (κ3) is 2.62. The molecule has 0 aliphatic heterocycles. The maximum Gasteiger partial charge on any atom is 0.0697 e. The van der Waals surface area contributed by atoms with E-state index in [1.807, 2.05) is 7.11 Å². The van der Waals surface area contributed by atoms with Crippen LogP contribution in [0.3, 0.4) is 0 Å². The van der Waals surface area contributed by atoms with Crippen LogP contribution in [0.2, 0.25) is 0 Å². The van der Waals surface area contributed by atoms with Crippen LogP contribution in [0.5, 0.6) is 0 Å². The lowest BCUT2D eigenvalue weighted by Crippen LogP contribution is -2.44. The fourth-order valence-corrected chi connectivity index (χ4v) is 3.48. The average Bonchev–Trinajstić information content (AvgIpc) is 2.37. The van der Waals surface area contributed by atoms with Crippen LogP contribution in [0, 0.1) is 0 Å². The van der Waals surface area contributed by atoms with E-state index in [4.69, 9.17) is 10.6 Å². The molecule has 2 aliphatic carbocycles. The standard InChI is InChI=1S/C17H26N2O/c1-20-17(9-4-10-17)12-16(19-18)15-8-3-7-14(11-15)13-5-2-6-13/h3,7-8,11,13,16,19H,2,4-6,9-10,12,18H2,1H3. The topological polar surface area (TPSA) is 47.3 Å². The van der Waals surface area contributed by atoms with Gasteiger partial charge in [-0.3, -0.25) is 11.3 Å². The number of benzene rings is 1. The predicted molar refractivity (Wildman–Crippen MR) is 81.3 cm³/mol. The van der Waals surface area contributed by atoms with Gasteiger partial charge in [-0.05, 0) is 55.6 Å². The highest BCUT2D eigenvalue weighted by atomic mass is 16.5. The number of methoxy groups -OCH3 is 1. The average molecular weight is 274 g/mol. The van der Waals surface area contributed by atoms with Gasteiger partial charge in [0.1, 0.15) is 0 Å². The van der Waals surface area contributed by atoms with Crippen LogP contribution in [0.4, 0.5) is 0 Å². The molecule has 1 aromatic rings. The number of hydrazine groups is 1. The molecule has 0 aromatic heterocycles.